The van der Waals surface area contributed by atoms with Gasteiger partial charge in [0.2, 0.25) is 11.7 Å². The van der Waals surface area contributed by atoms with E-state index in [1.165, 1.54) is 6.20 Å². The van der Waals surface area contributed by atoms with E-state index >= 15 is 0 Å². The van der Waals surface area contributed by atoms with Crippen molar-refractivity contribution in [3.8, 4) is 17.2 Å². The van der Waals surface area contributed by atoms with E-state index in [1.54, 1.807) is 42.7 Å². The summed E-state index contributed by atoms with van der Waals surface area (Å²) in [5, 5.41) is 1.93. The average molecular weight is 527 g/mol. The average Bonchev–Trinajstić information content (AvgIpc) is 3.45. The van der Waals surface area contributed by atoms with E-state index in [0.717, 1.165) is 11.1 Å². The smallest absolute Gasteiger partial charge is 0.233 e. The third-order valence-corrected chi connectivity index (χ3v) is 6.47. The van der Waals surface area contributed by atoms with Crippen LogP contribution in [-0.2, 0) is 6.54 Å². The number of carbonyl (C=O) groups is 1. The summed E-state index contributed by atoms with van der Waals surface area (Å²) < 4.78 is 13.3. The van der Waals surface area contributed by atoms with Gasteiger partial charge in [0, 0.05) is 27.8 Å². The number of aromatic nitrogens is 3. The van der Waals surface area contributed by atoms with Crippen LogP contribution in [0.2, 0.25) is 15.2 Å². The molecule has 0 amide bonds. The Morgan fingerprint density at radius 3 is 2.69 bits per heavy atom. The summed E-state index contributed by atoms with van der Waals surface area (Å²) in [6.07, 6.45) is 4.66. The minimum atomic E-state index is -0.391. The Bertz CT molecular complexity index is 1540. The highest BCUT2D eigenvalue weighted by Gasteiger charge is 2.26. The van der Waals surface area contributed by atoms with Crippen molar-refractivity contribution >= 4 is 51.5 Å². The Labute approximate surface area is 216 Å². The third-order valence-electron chi connectivity index (χ3n) is 5.49. The van der Waals surface area contributed by atoms with Crippen LogP contribution in [0.25, 0.3) is 22.4 Å². The van der Waals surface area contributed by atoms with Gasteiger partial charge in [0.25, 0.3) is 0 Å². The van der Waals surface area contributed by atoms with Gasteiger partial charge >= 0.3 is 0 Å². The van der Waals surface area contributed by atoms with Gasteiger partial charge < -0.3 is 13.7 Å². The summed E-state index contributed by atoms with van der Waals surface area (Å²) in [6.45, 7) is 2.72. The number of carbonyl (C=O) groups excluding carboxylic acids is 1. The third kappa shape index (κ3) is 4.52. The van der Waals surface area contributed by atoms with Crippen LogP contribution in [0.4, 0.5) is 0 Å². The van der Waals surface area contributed by atoms with E-state index in [9.17, 15) is 4.79 Å². The second kappa shape index (κ2) is 9.74. The fourth-order valence-corrected chi connectivity index (χ4v) is 4.68. The number of hydrogen-bond donors (Lipinski definition) is 0. The van der Waals surface area contributed by atoms with Crippen molar-refractivity contribution in [2.75, 3.05) is 6.61 Å². The first kappa shape index (κ1) is 23.4. The molecule has 0 radical (unpaired) electrons. The zero-order valence-electron chi connectivity index (χ0n) is 18.5. The van der Waals surface area contributed by atoms with Crippen LogP contribution in [0.1, 0.15) is 28.6 Å². The summed E-state index contributed by atoms with van der Waals surface area (Å²) in [5.74, 6) is 0.596. The number of pyridine rings is 1. The highest BCUT2D eigenvalue weighted by atomic mass is 35.5. The van der Waals surface area contributed by atoms with E-state index in [-0.39, 0.29) is 10.9 Å². The second-order valence-electron chi connectivity index (χ2n) is 7.70. The zero-order valence-corrected chi connectivity index (χ0v) is 20.7. The molecule has 35 heavy (non-hydrogen) atoms. The molecule has 0 fully saturated rings. The zero-order chi connectivity index (χ0) is 24.5. The Morgan fingerprint density at radius 2 is 1.94 bits per heavy atom. The molecule has 0 spiro atoms. The standard InChI is InChI=1S/C26H18Cl3N3O3/c1-2-34-18-7-8-21-19(11-18)23(25(29)32(21)14-16-5-6-17(27)10-20(16)28)24(33)22-13-31-26(35-22)15-4-3-9-30-12-15/h3-13H,2,14H2,1H3. The quantitative estimate of drug-likeness (QED) is 0.208. The van der Waals surface area contributed by atoms with Crippen LogP contribution in [0.3, 0.4) is 0 Å². The molecule has 0 N–H and O–H groups in total. The van der Waals surface area contributed by atoms with E-state index in [2.05, 4.69) is 9.97 Å². The topological polar surface area (TPSA) is 70.2 Å². The van der Waals surface area contributed by atoms with Gasteiger partial charge in [0.15, 0.2) is 5.76 Å². The fourth-order valence-electron chi connectivity index (χ4n) is 3.87. The molecule has 0 saturated heterocycles. The summed E-state index contributed by atoms with van der Waals surface area (Å²) >= 11 is 19.3. The van der Waals surface area contributed by atoms with Crippen LogP contribution in [0, 0.1) is 0 Å². The van der Waals surface area contributed by atoms with Crippen molar-refractivity contribution in [3.63, 3.8) is 0 Å². The van der Waals surface area contributed by atoms with Gasteiger partial charge in [-0.1, -0.05) is 40.9 Å². The first-order chi connectivity index (χ1) is 17.0. The number of rotatable bonds is 7. The molecule has 5 rings (SSSR count). The van der Waals surface area contributed by atoms with E-state index in [0.29, 0.717) is 51.4 Å². The first-order valence-electron chi connectivity index (χ1n) is 10.8. The Hall–Kier alpha value is -3.32. The highest BCUT2D eigenvalue weighted by Crippen LogP contribution is 2.36. The SMILES string of the molecule is CCOc1ccc2c(c1)c(C(=O)c1cnc(-c3cccnc3)o1)c(Cl)n2Cc1ccc(Cl)cc1Cl. The Kier molecular flexibility index (Phi) is 6.52. The predicted molar refractivity (Wildman–Crippen MR) is 137 cm³/mol. The lowest BCUT2D eigenvalue weighted by Gasteiger charge is -2.10. The lowest BCUT2D eigenvalue weighted by Crippen LogP contribution is -2.03. The van der Waals surface area contributed by atoms with Gasteiger partial charge in [0.05, 0.1) is 36.0 Å². The maximum absolute atomic E-state index is 13.6. The number of ketones is 1. The van der Waals surface area contributed by atoms with E-state index < -0.39 is 5.78 Å². The van der Waals surface area contributed by atoms with Crippen molar-refractivity contribution in [3.05, 3.63) is 99.2 Å². The summed E-state index contributed by atoms with van der Waals surface area (Å²) in [5.41, 5.74) is 2.51. The number of ether oxygens (including phenoxy) is 1. The van der Waals surface area contributed by atoms with Crippen molar-refractivity contribution in [1.82, 2.24) is 14.5 Å². The molecule has 0 aliphatic rings. The number of fused-ring (bicyclic) bond motifs is 1. The monoisotopic (exact) mass is 525 g/mol. The second-order valence-corrected chi connectivity index (χ2v) is 8.90. The summed E-state index contributed by atoms with van der Waals surface area (Å²) in [6, 6.07) is 14.3. The van der Waals surface area contributed by atoms with Crippen LogP contribution >= 0.6 is 34.8 Å². The maximum atomic E-state index is 13.6. The molecule has 6 nitrogen and oxygen atoms in total. The minimum Gasteiger partial charge on any atom is -0.494 e. The molecule has 2 aromatic carbocycles. The molecule has 9 heteroatoms. The van der Waals surface area contributed by atoms with Gasteiger partial charge in [-0.05, 0) is 55.0 Å². The molecule has 0 unspecified atom stereocenters. The lowest BCUT2D eigenvalue weighted by atomic mass is 10.1. The lowest BCUT2D eigenvalue weighted by molar-refractivity contribution is 0.101. The molecule has 0 atom stereocenters. The van der Waals surface area contributed by atoms with Gasteiger partial charge in [-0.2, -0.15) is 0 Å². The largest absolute Gasteiger partial charge is 0.494 e. The summed E-state index contributed by atoms with van der Waals surface area (Å²) in [4.78, 5) is 22.0. The van der Waals surface area contributed by atoms with E-state index in [1.807, 2.05) is 29.7 Å². The van der Waals surface area contributed by atoms with Crippen LogP contribution in [-0.4, -0.2) is 26.9 Å². The molecule has 5 aromatic rings. The number of nitrogens with zero attached hydrogens (tertiary/aromatic N) is 3. The fraction of sp³-hybridized carbons (Fsp3) is 0.115. The van der Waals surface area contributed by atoms with Crippen LogP contribution in [0.5, 0.6) is 5.75 Å². The Morgan fingerprint density at radius 1 is 1.09 bits per heavy atom. The molecular weight excluding hydrogens is 509 g/mol. The highest BCUT2D eigenvalue weighted by molar-refractivity contribution is 6.37. The van der Waals surface area contributed by atoms with Gasteiger partial charge in [-0.3, -0.25) is 9.78 Å². The molecule has 3 heterocycles. The molecule has 0 aliphatic heterocycles. The minimum absolute atomic E-state index is 0.0659. The van der Waals surface area contributed by atoms with Crippen molar-refractivity contribution in [1.29, 1.82) is 0 Å². The molecule has 0 saturated carbocycles. The molecule has 176 valence electrons. The maximum Gasteiger partial charge on any atom is 0.233 e. The van der Waals surface area contributed by atoms with Crippen molar-refractivity contribution in [2.45, 2.75) is 13.5 Å². The van der Waals surface area contributed by atoms with Crippen LogP contribution < -0.4 is 4.74 Å². The number of halogens is 3. The van der Waals surface area contributed by atoms with Crippen molar-refractivity contribution < 1.29 is 13.9 Å². The number of oxazole rings is 1. The molecule has 3 aromatic heterocycles. The van der Waals surface area contributed by atoms with Gasteiger partial charge in [-0.25, -0.2) is 4.98 Å². The number of benzene rings is 2. The number of hydrogen-bond acceptors (Lipinski definition) is 5. The first-order valence-corrected chi connectivity index (χ1v) is 11.9. The molecule has 0 bridgehead atoms. The Balaban J connectivity index is 1.62. The van der Waals surface area contributed by atoms with E-state index in [4.69, 9.17) is 44.0 Å². The molecular formula is C26H18Cl3N3O3. The van der Waals surface area contributed by atoms with Crippen molar-refractivity contribution in [2.24, 2.45) is 0 Å². The predicted octanol–water partition coefficient (Wildman–Crippen LogP) is 7.33. The summed E-state index contributed by atoms with van der Waals surface area (Å²) in [7, 11) is 0. The van der Waals surface area contributed by atoms with Gasteiger partial charge in [0.1, 0.15) is 10.9 Å². The van der Waals surface area contributed by atoms with Crippen LogP contribution in [0.15, 0.2) is 71.5 Å². The normalized spacial score (nSPS) is 11.2. The van der Waals surface area contributed by atoms with Gasteiger partial charge in [-0.15, -0.1) is 0 Å². The molecule has 0 aliphatic carbocycles.